The van der Waals surface area contributed by atoms with Gasteiger partial charge in [-0.15, -0.1) is 0 Å². The molecule has 5 aromatic rings. The number of aromatic nitrogens is 1. The van der Waals surface area contributed by atoms with Crippen LogP contribution in [0.1, 0.15) is 22.4 Å². The van der Waals surface area contributed by atoms with Gasteiger partial charge in [0.1, 0.15) is 0 Å². The summed E-state index contributed by atoms with van der Waals surface area (Å²) in [4.78, 5) is 2.69. The SMILES string of the molecule is Cc1ccc(S(=O)(=O)n2c(CCN(Cc3ccccc3)Cc3ccccc3)cc3ccccc32)cc1. The second-order valence-electron chi connectivity index (χ2n) is 9.21. The van der Waals surface area contributed by atoms with Gasteiger partial charge >= 0.3 is 0 Å². The minimum absolute atomic E-state index is 0.307. The van der Waals surface area contributed by atoms with Crippen LogP contribution in [0.15, 0.2) is 120 Å². The molecule has 0 fully saturated rings. The summed E-state index contributed by atoms with van der Waals surface area (Å²) in [6, 6.07) is 37.6. The minimum Gasteiger partial charge on any atom is -0.294 e. The molecular weight excluding hydrogens is 464 g/mol. The lowest BCUT2D eigenvalue weighted by atomic mass is 10.1. The van der Waals surface area contributed by atoms with Crippen molar-refractivity contribution in [1.82, 2.24) is 8.87 Å². The fraction of sp³-hybridized carbons (Fsp3) is 0.161. The first-order valence-corrected chi connectivity index (χ1v) is 13.7. The molecule has 1 aromatic heterocycles. The second-order valence-corrected chi connectivity index (χ2v) is 11.0. The first-order chi connectivity index (χ1) is 17.5. The maximum absolute atomic E-state index is 13.8. The van der Waals surface area contributed by atoms with Crippen molar-refractivity contribution < 1.29 is 8.42 Å². The predicted molar refractivity (Wildman–Crippen MR) is 146 cm³/mol. The van der Waals surface area contributed by atoms with Gasteiger partial charge in [-0.1, -0.05) is 96.6 Å². The molecule has 0 aliphatic rings. The van der Waals surface area contributed by atoms with Crippen LogP contribution in [0.2, 0.25) is 0 Å². The van der Waals surface area contributed by atoms with E-state index < -0.39 is 10.0 Å². The van der Waals surface area contributed by atoms with Gasteiger partial charge in [0, 0.05) is 37.1 Å². The van der Waals surface area contributed by atoms with E-state index in [4.69, 9.17) is 0 Å². The van der Waals surface area contributed by atoms with Gasteiger partial charge in [-0.3, -0.25) is 4.90 Å². The lowest BCUT2D eigenvalue weighted by Gasteiger charge is -2.23. The normalized spacial score (nSPS) is 11.8. The van der Waals surface area contributed by atoms with E-state index in [1.54, 1.807) is 12.1 Å². The fourth-order valence-corrected chi connectivity index (χ4v) is 6.20. The van der Waals surface area contributed by atoms with Crippen LogP contribution < -0.4 is 0 Å². The number of hydrogen-bond acceptors (Lipinski definition) is 3. The minimum atomic E-state index is -3.74. The summed E-state index contributed by atoms with van der Waals surface area (Å²) in [5, 5.41) is 0.931. The van der Waals surface area contributed by atoms with Crippen molar-refractivity contribution >= 4 is 20.9 Å². The van der Waals surface area contributed by atoms with E-state index in [1.807, 2.05) is 61.5 Å². The Morgan fingerprint density at radius 1 is 0.694 bits per heavy atom. The van der Waals surface area contributed by atoms with E-state index in [-0.39, 0.29) is 0 Å². The molecule has 0 unspecified atom stereocenters. The Morgan fingerprint density at radius 3 is 1.86 bits per heavy atom. The Morgan fingerprint density at radius 2 is 1.25 bits per heavy atom. The van der Waals surface area contributed by atoms with Crippen LogP contribution >= 0.6 is 0 Å². The molecule has 0 aliphatic heterocycles. The highest BCUT2D eigenvalue weighted by Gasteiger charge is 2.23. The molecule has 0 bridgehead atoms. The molecule has 4 nitrogen and oxygen atoms in total. The smallest absolute Gasteiger partial charge is 0.268 e. The second kappa shape index (κ2) is 10.5. The number of hydrogen-bond donors (Lipinski definition) is 0. The van der Waals surface area contributed by atoms with Gasteiger partial charge in [-0.25, -0.2) is 12.4 Å². The maximum atomic E-state index is 13.8. The van der Waals surface area contributed by atoms with Crippen LogP contribution in [0.5, 0.6) is 0 Å². The zero-order chi connectivity index (χ0) is 25.0. The molecule has 0 amide bonds. The summed E-state index contributed by atoms with van der Waals surface area (Å²) in [6.07, 6.45) is 0.611. The van der Waals surface area contributed by atoms with Gasteiger partial charge in [-0.05, 0) is 42.3 Å². The lowest BCUT2D eigenvalue weighted by molar-refractivity contribution is 0.259. The highest BCUT2D eigenvalue weighted by molar-refractivity contribution is 7.90. The van der Waals surface area contributed by atoms with Crippen LogP contribution in [-0.2, 0) is 29.5 Å². The van der Waals surface area contributed by atoms with Crippen molar-refractivity contribution in [3.63, 3.8) is 0 Å². The standard InChI is InChI=1S/C31H30N2O2S/c1-25-16-18-30(19-17-25)36(34,35)33-29(22-28-14-8-9-15-31(28)33)20-21-32(23-26-10-4-2-5-11-26)24-27-12-6-3-7-13-27/h2-19,22H,20-21,23-24H2,1H3. The zero-order valence-corrected chi connectivity index (χ0v) is 21.2. The molecule has 1 heterocycles. The van der Waals surface area contributed by atoms with Gasteiger partial charge in [0.2, 0.25) is 0 Å². The molecule has 4 aromatic carbocycles. The molecule has 0 saturated heterocycles. The van der Waals surface area contributed by atoms with Gasteiger partial charge in [-0.2, -0.15) is 0 Å². The van der Waals surface area contributed by atoms with Crippen molar-refractivity contribution in [2.24, 2.45) is 0 Å². The third kappa shape index (κ3) is 5.27. The van der Waals surface area contributed by atoms with E-state index in [1.165, 1.54) is 15.1 Å². The fourth-order valence-electron chi connectivity index (χ4n) is 4.63. The number of rotatable bonds is 9. The summed E-state index contributed by atoms with van der Waals surface area (Å²) in [7, 11) is -3.74. The third-order valence-corrected chi connectivity index (χ3v) is 8.26. The first-order valence-electron chi connectivity index (χ1n) is 12.2. The molecule has 0 spiro atoms. The molecule has 182 valence electrons. The number of para-hydroxylation sites is 1. The summed E-state index contributed by atoms with van der Waals surface area (Å²) in [5.41, 5.74) is 5.01. The predicted octanol–water partition coefficient (Wildman–Crippen LogP) is 6.43. The van der Waals surface area contributed by atoms with Crippen LogP contribution in [0, 0.1) is 6.92 Å². The Kier molecular flexibility index (Phi) is 7.03. The monoisotopic (exact) mass is 494 g/mol. The van der Waals surface area contributed by atoms with Crippen molar-refractivity contribution in [1.29, 1.82) is 0 Å². The molecule has 0 saturated carbocycles. The first kappa shape index (κ1) is 24.0. The van der Waals surface area contributed by atoms with E-state index in [2.05, 4.69) is 53.4 Å². The third-order valence-electron chi connectivity index (χ3n) is 6.48. The number of fused-ring (bicyclic) bond motifs is 1. The molecule has 0 radical (unpaired) electrons. The average molecular weight is 495 g/mol. The highest BCUT2D eigenvalue weighted by Crippen LogP contribution is 2.27. The zero-order valence-electron chi connectivity index (χ0n) is 20.4. The van der Waals surface area contributed by atoms with Crippen molar-refractivity contribution in [2.75, 3.05) is 6.54 Å². The number of nitrogens with zero attached hydrogens (tertiary/aromatic N) is 2. The average Bonchev–Trinajstić information content (AvgIpc) is 3.28. The Hall–Kier alpha value is -3.67. The van der Waals surface area contributed by atoms with Gasteiger partial charge in [0.25, 0.3) is 10.0 Å². The highest BCUT2D eigenvalue weighted by atomic mass is 32.2. The van der Waals surface area contributed by atoms with Crippen LogP contribution in [-0.4, -0.2) is 23.8 Å². The molecule has 36 heavy (non-hydrogen) atoms. The molecule has 5 rings (SSSR count). The van der Waals surface area contributed by atoms with E-state index in [0.717, 1.165) is 36.3 Å². The Balaban J connectivity index is 1.48. The maximum Gasteiger partial charge on any atom is 0.268 e. The molecule has 0 aliphatic carbocycles. The molecule has 5 heteroatoms. The molecule has 0 atom stereocenters. The summed E-state index contributed by atoms with van der Waals surface area (Å²) >= 11 is 0. The summed E-state index contributed by atoms with van der Waals surface area (Å²) in [6.45, 7) is 4.27. The van der Waals surface area contributed by atoms with E-state index in [9.17, 15) is 8.42 Å². The van der Waals surface area contributed by atoms with Gasteiger partial charge in [0.05, 0.1) is 10.4 Å². The lowest BCUT2D eigenvalue weighted by Crippen LogP contribution is -2.26. The quantitative estimate of drug-likeness (QED) is 0.237. The Bertz CT molecular complexity index is 1500. The van der Waals surface area contributed by atoms with Crippen molar-refractivity contribution in [3.05, 3.63) is 138 Å². The van der Waals surface area contributed by atoms with Crippen LogP contribution in [0.3, 0.4) is 0 Å². The van der Waals surface area contributed by atoms with E-state index >= 15 is 0 Å². The summed E-state index contributed by atoms with van der Waals surface area (Å²) < 4.78 is 29.2. The molecule has 0 N–H and O–H groups in total. The van der Waals surface area contributed by atoms with Gasteiger partial charge in [0.15, 0.2) is 0 Å². The largest absolute Gasteiger partial charge is 0.294 e. The number of benzene rings is 4. The Labute approximate surface area is 213 Å². The van der Waals surface area contributed by atoms with Crippen LogP contribution in [0.25, 0.3) is 10.9 Å². The van der Waals surface area contributed by atoms with Crippen molar-refractivity contribution in [2.45, 2.75) is 31.3 Å². The number of aryl methyl sites for hydroxylation is 1. The van der Waals surface area contributed by atoms with Crippen molar-refractivity contribution in [3.8, 4) is 0 Å². The van der Waals surface area contributed by atoms with Crippen LogP contribution in [0.4, 0.5) is 0 Å². The summed E-state index contributed by atoms with van der Waals surface area (Å²) in [5.74, 6) is 0. The van der Waals surface area contributed by atoms with E-state index in [0.29, 0.717) is 16.8 Å². The molecular formula is C31H30N2O2S. The van der Waals surface area contributed by atoms with Gasteiger partial charge < -0.3 is 0 Å². The topological polar surface area (TPSA) is 42.3 Å².